The number of nitrogens with one attached hydrogen (secondary N) is 1. The fourth-order valence-electron chi connectivity index (χ4n) is 2.78. The summed E-state index contributed by atoms with van der Waals surface area (Å²) in [5, 5.41) is 3.24. The molecule has 0 aliphatic carbocycles. The second-order valence-corrected chi connectivity index (χ2v) is 6.08. The third-order valence-corrected chi connectivity index (χ3v) is 4.20. The van der Waals surface area contributed by atoms with Crippen LogP contribution in [0.5, 0.6) is 5.75 Å². The van der Waals surface area contributed by atoms with Crippen LogP contribution in [0.3, 0.4) is 0 Å². The van der Waals surface area contributed by atoms with E-state index in [9.17, 15) is 4.39 Å². The van der Waals surface area contributed by atoms with Crippen LogP contribution in [0.4, 0.5) is 10.2 Å². The van der Waals surface area contributed by atoms with E-state index in [1.165, 1.54) is 6.33 Å². The Hall–Kier alpha value is -2.99. The van der Waals surface area contributed by atoms with Crippen LogP contribution in [-0.2, 0) is 6.67 Å². The van der Waals surface area contributed by atoms with Crippen LogP contribution in [0.25, 0.3) is 11.3 Å². The monoisotopic (exact) mass is 366 g/mol. The molecule has 3 N–H and O–H groups in total. The number of aromatic nitrogens is 2. The molecule has 0 saturated carbocycles. The maximum absolute atomic E-state index is 13.3. The van der Waals surface area contributed by atoms with Crippen LogP contribution >= 0.6 is 0 Å². The molecule has 1 aromatic heterocycles. The van der Waals surface area contributed by atoms with Crippen molar-refractivity contribution in [3.8, 4) is 17.0 Å². The van der Waals surface area contributed by atoms with Gasteiger partial charge >= 0.3 is 0 Å². The summed E-state index contributed by atoms with van der Waals surface area (Å²) in [6.07, 6.45) is 1.48. The highest BCUT2D eigenvalue weighted by molar-refractivity contribution is 5.64. The molecule has 3 aromatic rings. The fourth-order valence-corrected chi connectivity index (χ4v) is 2.78. The predicted molar refractivity (Wildman–Crippen MR) is 105 cm³/mol. The topological polar surface area (TPSA) is 73.1 Å². The van der Waals surface area contributed by atoms with Gasteiger partial charge in [0.1, 0.15) is 24.6 Å². The first kappa shape index (κ1) is 18.8. The number of nitrogens with zero attached hydrogens (tertiary/aromatic N) is 2. The van der Waals surface area contributed by atoms with Gasteiger partial charge in [-0.3, -0.25) is 0 Å². The van der Waals surface area contributed by atoms with Gasteiger partial charge in [-0.15, -0.1) is 0 Å². The minimum Gasteiger partial charge on any atom is -0.493 e. The lowest BCUT2D eigenvalue weighted by Gasteiger charge is -2.14. The minimum absolute atomic E-state index is 0.145. The third-order valence-electron chi connectivity index (χ3n) is 4.20. The van der Waals surface area contributed by atoms with E-state index in [0.29, 0.717) is 36.0 Å². The number of anilines is 1. The van der Waals surface area contributed by atoms with Gasteiger partial charge in [-0.05, 0) is 30.7 Å². The van der Waals surface area contributed by atoms with Crippen molar-refractivity contribution in [1.29, 1.82) is 0 Å². The first-order chi connectivity index (χ1) is 13.2. The van der Waals surface area contributed by atoms with Crippen molar-refractivity contribution in [1.82, 2.24) is 9.97 Å². The van der Waals surface area contributed by atoms with Gasteiger partial charge in [-0.25, -0.2) is 14.4 Å². The molecule has 5 nitrogen and oxygen atoms in total. The van der Waals surface area contributed by atoms with Crippen LogP contribution in [0.1, 0.15) is 24.1 Å². The van der Waals surface area contributed by atoms with E-state index in [2.05, 4.69) is 15.3 Å². The van der Waals surface area contributed by atoms with Gasteiger partial charge in [-0.1, -0.05) is 30.3 Å². The van der Waals surface area contributed by atoms with E-state index in [1.807, 2.05) is 49.4 Å². The predicted octanol–water partition coefficient (Wildman–Crippen LogP) is 4.12. The molecular weight excluding hydrogens is 343 g/mol. The Morgan fingerprint density at radius 3 is 2.67 bits per heavy atom. The molecule has 0 saturated heterocycles. The van der Waals surface area contributed by atoms with Crippen molar-refractivity contribution in [2.75, 3.05) is 18.5 Å². The van der Waals surface area contributed by atoms with Gasteiger partial charge < -0.3 is 15.8 Å². The molecule has 0 aliphatic rings. The number of benzene rings is 2. The van der Waals surface area contributed by atoms with Crippen molar-refractivity contribution in [3.63, 3.8) is 0 Å². The second-order valence-electron chi connectivity index (χ2n) is 6.08. The van der Waals surface area contributed by atoms with Gasteiger partial charge in [0.05, 0.1) is 12.3 Å². The summed E-state index contributed by atoms with van der Waals surface area (Å²) in [6, 6.07) is 17.0. The molecule has 1 heterocycles. The molecular formula is C21H23FN4O. The van der Waals surface area contributed by atoms with Crippen molar-refractivity contribution in [2.24, 2.45) is 5.73 Å². The maximum atomic E-state index is 13.3. The van der Waals surface area contributed by atoms with Crippen molar-refractivity contribution in [3.05, 3.63) is 72.1 Å². The molecule has 0 spiro atoms. The van der Waals surface area contributed by atoms with E-state index < -0.39 is 6.67 Å². The molecule has 0 bridgehead atoms. The zero-order chi connectivity index (χ0) is 19.1. The Balaban J connectivity index is 1.73. The molecule has 0 unspecified atom stereocenters. The van der Waals surface area contributed by atoms with Crippen LogP contribution in [0.15, 0.2) is 60.9 Å². The highest BCUT2D eigenvalue weighted by Gasteiger charge is 2.09. The van der Waals surface area contributed by atoms with E-state index in [4.69, 9.17) is 10.5 Å². The summed E-state index contributed by atoms with van der Waals surface area (Å²) in [5.41, 5.74) is 9.29. The summed E-state index contributed by atoms with van der Waals surface area (Å²) >= 11 is 0. The molecule has 6 heteroatoms. The molecule has 0 amide bonds. The molecule has 3 rings (SSSR count). The van der Waals surface area contributed by atoms with E-state index in [1.54, 1.807) is 12.1 Å². The normalized spacial score (nSPS) is 11.8. The molecule has 0 radical (unpaired) electrons. The van der Waals surface area contributed by atoms with Gasteiger partial charge in [-0.2, -0.15) is 0 Å². The molecule has 140 valence electrons. The standard InChI is InChI=1S/C21H23FN4O/c1-2-27-20-9-8-16(10-17(20)12-22)19-11-21(26-14-25-19)24-13-18(23)15-6-4-3-5-7-15/h3-11,14,18H,2,12-13,23H2,1H3,(H,24,25,26)/t18-/m0/s1. The maximum Gasteiger partial charge on any atom is 0.130 e. The quantitative estimate of drug-likeness (QED) is 0.627. The summed E-state index contributed by atoms with van der Waals surface area (Å²) in [6.45, 7) is 2.32. The number of hydrogen-bond donors (Lipinski definition) is 2. The van der Waals surface area contributed by atoms with Crippen molar-refractivity contribution in [2.45, 2.75) is 19.6 Å². The van der Waals surface area contributed by atoms with Gasteiger partial charge in [0.15, 0.2) is 0 Å². The number of nitrogens with two attached hydrogens (primary N) is 1. The number of hydrogen-bond acceptors (Lipinski definition) is 5. The Morgan fingerprint density at radius 2 is 1.93 bits per heavy atom. The summed E-state index contributed by atoms with van der Waals surface area (Å²) in [4.78, 5) is 8.54. The fraction of sp³-hybridized carbons (Fsp3) is 0.238. The summed E-state index contributed by atoms with van der Waals surface area (Å²) in [7, 11) is 0. The van der Waals surface area contributed by atoms with Crippen LogP contribution < -0.4 is 15.8 Å². The van der Waals surface area contributed by atoms with Gasteiger partial charge in [0.25, 0.3) is 0 Å². The number of rotatable bonds is 8. The Morgan fingerprint density at radius 1 is 1.11 bits per heavy atom. The lowest BCUT2D eigenvalue weighted by atomic mass is 10.1. The zero-order valence-electron chi connectivity index (χ0n) is 15.2. The van der Waals surface area contributed by atoms with Gasteiger partial charge in [0.2, 0.25) is 0 Å². The zero-order valence-corrected chi connectivity index (χ0v) is 15.2. The van der Waals surface area contributed by atoms with Crippen LogP contribution in [0.2, 0.25) is 0 Å². The Kier molecular flexibility index (Phi) is 6.33. The molecule has 0 aliphatic heterocycles. The summed E-state index contributed by atoms with van der Waals surface area (Å²) < 4.78 is 18.8. The van der Waals surface area contributed by atoms with Crippen molar-refractivity contribution < 1.29 is 9.13 Å². The highest BCUT2D eigenvalue weighted by Crippen LogP contribution is 2.27. The average molecular weight is 366 g/mol. The first-order valence-electron chi connectivity index (χ1n) is 8.89. The second kappa shape index (κ2) is 9.09. The largest absolute Gasteiger partial charge is 0.493 e. The van der Waals surface area contributed by atoms with E-state index in [-0.39, 0.29) is 6.04 Å². The minimum atomic E-state index is -0.592. The Bertz CT molecular complexity index is 873. The highest BCUT2D eigenvalue weighted by atomic mass is 19.1. The number of halogens is 1. The van der Waals surface area contributed by atoms with Crippen molar-refractivity contribution >= 4 is 5.82 Å². The third kappa shape index (κ3) is 4.80. The van der Waals surface area contributed by atoms with Crippen LogP contribution in [-0.4, -0.2) is 23.1 Å². The first-order valence-corrected chi connectivity index (χ1v) is 8.89. The molecule has 27 heavy (non-hydrogen) atoms. The van der Waals surface area contributed by atoms with Crippen LogP contribution in [0, 0.1) is 0 Å². The molecule has 0 fully saturated rings. The lowest BCUT2D eigenvalue weighted by Crippen LogP contribution is -2.20. The Labute approximate surface area is 158 Å². The molecule has 1 atom stereocenters. The van der Waals surface area contributed by atoms with Gasteiger partial charge in [0, 0.05) is 29.8 Å². The number of ether oxygens (including phenoxy) is 1. The molecule has 2 aromatic carbocycles. The number of alkyl halides is 1. The average Bonchev–Trinajstić information content (AvgIpc) is 2.73. The summed E-state index contributed by atoms with van der Waals surface area (Å²) in [5.74, 6) is 1.23. The van der Waals surface area contributed by atoms with E-state index >= 15 is 0 Å². The SMILES string of the molecule is CCOc1ccc(-c2cc(NC[C@H](N)c3ccccc3)ncn2)cc1CF. The smallest absolute Gasteiger partial charge is 0.130 e. The van der Waals surface area contributed by atoms with E-state index in [0.717, 1.165) is 11.1 Å². The lowest BCUT2D eigenvalue weighted by molar-refractivity contribution is 0.330.